The zero-order valence-corrected chi connectivity index (χ0v) is 8.17. The summed E-state index contributed by atoms with van der Waals surface area (Å²) in [4.78, 5) is 0. The maximum atomic E-state index is 12.6. The molecule has 0 spiro atoms. The Morgan fingerprint density at radius 2 is 2.08 bits per heavy atom. The monoisotopic (exact) mass is 235 g/mol. The third-order valence-electron chi connectivity index (χ3n) is 1.45. The van der Waals surface area contributed by atoms with Crippen molar-refractivity contribution in [1.82, 2.24) is 0 Å². The molecule has 0 atom stereocenters. The molecule has 0 saturated carbocycles. The first-order valence-corrected chi connectivity index (χ1v) is 3.41. The Balaban J connectivity index is 0.00000121. The van der Waals surface area contributed by atoms with Crippen molar-refractivity contribution >= 4 is 17.0 Å². The van der Waals surface area contributed by atoms with Crippen LogP contribution in [0.3, 0.4) is 0 Å². The molecule has 1 aromatic rings. The molecule has 0 unspecified atom stereocenters. The van der Waals surface area contributed by atoms with Gasteiger partial charge in [0.05, 0.1) is 0 Å². The Kier molecular flexibility index (Phi) is 4.85. The van der Waals surface area contributed by atoms with Gasteiger partial charge in [0, 0.05) is 0 Å². The molecule has 1 aromatic carbocycles. The van der Waals surface area contributed by atoms with E-state index < -0.39 is 5.82 Å². The molecule has 0 aliphatic carbocycles. The molecule has 68 valence electrons. The largest absolute Gasteiger partial charge is 0.505 e. The van der Waals surface area contributed by atoms with Crippen molar-refractivity contribution in [2.45, 2.75) is 6.42 Å². The summed E-state index contributed by atoms with van der Waals surface area (Å²) in [5, 5.41) is 8.81. The van der Waals surface area contributed by atoms with E-state index in [-0.39, 0.29) is 22.7 Å². The topological polar surface area (TPSA) is 46.2 Å². The molecule has 12 heavy (non-hydrogen) atoms. The van der Waals surface area contributed by atoms with Gasteiger partial charge in [-0.15, -0.1) is 17.0 Å². The van der Waals surface area contributed by atoms with E-state index in [1.165, 1.54) is 12.1 Å². The second kappa shape index (κ2) is 5.11. The van der Waals surface area contributed by atoms with Gasteiger partial charge in [-0.3, -0.25) is 0 Å². The van der Waals surface area contributed by atoms with Crippen molar-refractivity contribution in [3.8, 4) is 5.75 Å². The van der Waals surface area contributed by atoms with E-state index in [2.05, 4.69) is 0 Å². The fourth-order valence-electron chi connectivity index (χ4n) is 0.873. The molecule has 4 heteroatoms. The number of benzene rings is 1. The van der Waals surface area contributed by atoms with Gasteiger partial charge in [-0.1, -0.05) is 6.07 Å². The first-order chi connectivity index (χ1) is 5.24. The number of nitrogens with two attached hydrogens (primary N) is 1. The zero-order valence-electron chi connectivity index (χ0n) is 6.46. The van der Waals surface area contributed by atoms with Gasteiger partial charge < -0.3 is 10.8 Å². The number of phenolic OH excluding ortho intramolecular Hbond substituents is 1. The van der Waals surface area contributed by atoms with Crippen LogP contribution in [0.4, 0.5) is 4.39 Å². The average Bonchev–Trinajstić information content (AvgIpc) is 1.98. The number of aromatic hydroxyl groups is 1. The number of hydrogen-bond donors (Lipinski definition) is 2. The Bertz CT molecular complexity index is 255. The van der Waals surface area contributed by atoms with Gasteiger partial charge in [0.15, 0.2) is 11.6 Å². The highest BCUT2D eigenvalue weighted by Crippen LogP contribution is 2.15. The molecule has 0 heterocycles. The molecular weight excluding hydrogens is 225 g/mol. The summed E-state index contributed by atoms with van der Waals surface area (Å²) >= 11 is 0. The minimum atomic E-state index is -0.587. The summed E-state index contributed by atoms with van der Waals surface area (Å²) in [6.45, 7) is 0.490. The first-order valence-electron chi connectivity index (χ1n) is 3.41. The van der Waals surface area contributed by atoms with Crippen LogP contribution in [0.5, 0.6) is 5.75 Å². The van der Waals surface area contributed by atoms with Gasteiger partial charge in [0.25, 0.3) is 0 Å². The van der Waals surface area contributed by atoms with Gasteiger partial charge in [-0.2, -0.15) is 0 Å². The van der Waals surface area contributed by atoms with Crippen LogP contribution < -0.4 is 5.73 Å². The molecular formula is C8H11BrFNO. The van der Waals surface area contributed by atoms with Crippen molar-refractivity contribution in [2.24, 2.45) is 5.73 Å². The van der Waals surface area contributed by atoms with Gasteiger partial charge in [0.2, 0.25) is 0 Å². The van der Waals surface area contributed by atoms with Gasteiger partial charge >= 0.3 is 0 Å². The number of hydrogen-bond acceptors (Lipinski definition) is 2. The molecule has 0 aromatic heterocycles. The Morgan fingerprint density at radius 1 is 1.42 bits per heavy atom. The van der Waals surface area contributed by atoms with Crippen LogP contribution in [-0.4, -0.2) is 11.7 Å². The maximum Gasteiger partial charge on any atom is 0.165 e. The van der Waals surface area contributed by atoms with Crippen LogP contribution in [0.25, 0.3) is 0 Å². The molecule has 0 aliphatic heterocycles. The second-order valence-corrected chi connectivity index (χ2v) is 2.32. The van der Waals surface area contributed by atoms with E-state index in [1.807, 2.05) is 0 Å². The first kappa shape index (κ1) is 11.4. The van der Waals surface area contributed by atoms with Crippen molar-refractivity contribution in [2.75, 3.05) is 6.54 Å². The predicted octanol–water partition coefficient (Wildman–Crippen LogP) is 1.61. The molecule has 0 fully saturated rings. The summed E-state index contributed by atoms with van der Waals surface area (Å²) in [5.41, 5.74) is 6.07. The molecule has 1 rings (SSSR count). The molecule has 2 nitrogen and oxygen atoms in total. The third kappa shape index (κ3) is 2.79. The highest BCUT2D eigenvalue weighted by Gasteiger charge is 1.99. The predicted molar refractivity (Wildman–Crippen MR) is 51.1 cm³/mol. The average molecular weight is 236 g/mol. The molecule has 0 amide bonds. The summed E-state index contributed by atoms with van der Waals surface area (Å²) in [7, 11) is 0. The zero-order chi connectivity index (χ0) is 8.27. The third-order valence-corrected chi connectivity index (χ3v) is 1.45. The lowest BCUT2D eigenvalue weighted by Gasteiger charge is -1.99. The van der Waals surface area contributed by atoms with Gasteiger partial charge in [0.1, 0.15) is 0 Å². The summed E-state index contributed by atoms with van der Waals surface area (Å²) in [5.74, 6) is -0.901. The van der Waals surface area contributed by atoms with Crippen molar-refractivity contribution in [3.05, 3.63) is 29.6 Å². The molecule has 3 N–H and O–H groups in total. The highest BCUT2D eigenvalue weighted by atomic mass is 79.9. The van der Waals surface area contributed by atoms with E-state index in [1.54, 1.807) is 6.07 Å². The van der Waals surface area contributed by atoms with E-state index in [9.17, 15) is 4.39 Å². The molecule has 0 bridgehead atoms. The van der Waals surface area contributed by atoms with E-state index in [0.717, 1.165) is 5.56 Å². The fraction of sp³-hybridized carbons (Fsp3) is 0.250. The minimum absolute atomic E-state index is 0. The Hall–Kier alpha value is -0.610. The SMILES string of the molecule is Br.NCCc1ccc(O)c(F)c1. The second-order valence-electron chi connectivity index (χ2n) is 2.32. The fourth-order valence-corrected chi connectivity index (χ4v) is 0.873. The van der Waals surface area contributed by atoms with Crippen molar-refractivity contribution in [1.29, 1.82) is 0 Å². The van der Waals surface area contributed by atoms with Crippen LogP contribution in [0, 0.1) is 5.82 Å². The number of phenols is 1. The quantitative estimate of drug-likeness (QED) is 0.819. The number of rotatable bonds is 2. The standard InChI is InChI=1S/C8H10FNO.BrH/c9-7-5-6(3-4-10)1-2-8(7)11;/h1-2,5,11H,3-4,10H2;1H. The lowest BCUT2D eigenvalue weighted by atomic mass is 10.1. The van der Waals surface area contributed by atoms with Crippen LogP contribution in [-0.2, 0) is 6.42 Å². The van der Waals surface area contributed by atoms with Crippen molar-refractivity contribution < 1.29 is 9.50 Å². The maximum absolute atomic E-state index is 12.6. The summed E-state index contributed by atoms with van der Waals surface area (Å²) in [6.07, 6.45) is 0.636. The Morgan fingerprint density at radius 3 is 2.58 bits per heavy atom. The smallest absolute Gasteiger partial charge is 0.165 e. The lowest BCUT2D eigenvalue weighted by Crippen LogP contribution is -2.02. The highest BCUT2D eigenvalue weighted by molar-refractivity contribution is 8.93. The molecule has 0 radical (unpaired) electrons. The van der Waals surface area contributed by atoms with Crippen LogP contribution in [0.2, 0.25) is 0 Å². The van der Waals surface area contributed by atoms with E-state index >= 15 is 0 Å². The van der Waals surface area contributed by atoms with Crippen molar-refractivity contribution in [3.63, 3.8) is 0 Å². The minimum Gasteiger partial charge on any atom is -0.505 e. The lowest BCUT2D eigenvalue weighted by molar-refractivity contribution is 0.432. The normalized spacial score (nSPS) is 9.17. The summed E-state index contributed by atoms with van der Waals surface area (Å²) in [6, 6.07) is 4.29. The number of halogens is 2. The van der Waals surface area contributed by atoms with Gasteiger partial charge in [-0.05, 0) is 30.7 Å². The van der Waals surface area contributed by atoms with E-state index in [0.29, 0.717) is 13.0 Å². The van der Waals surface area contributed by atoms with E-state index in [4.69, 9.17) is 10.8 Å². The Labute approximate surface area is 81.0 Å². The van der Waals surface area contributed by atoms with Crippen LogP contribution in [0.15, 0.2) is 18.2 Å². The van der Waals surface area contributed by atoms with Crippen LogP contribution >= 0.6 is 17.0 Å². The summed E-state index contributed by atoms with van der Waals surface area (Å²) < 4.78 is 12.6. The van der Waals surface area contributed by atoms with Gasteiger partial charge in [-0.25, -0.2) is 4.39 Å². The molecule has 0 saturated heterocycles. The van der Waals surface area contributed by atoms with Crippen LogP contribution in [0.1, 0.15) is 5.56 Å². The molecule has 0 aliphatic rings.